The van der Waals surface area contributed by atoms with Crippen LogP contribution in [-0.4, -0.2) is 15.9 Å². The lowest BCUT2D eigenvalue weighted by Crippen LogP contribution is -1.94. The third-order valence-electron chi connectivity index (χ3n) is 1.11. The lowest BCUT2D eigenvalue weighted by Gasteiger charge is -2.15. The molecular formula is C5H8O2S. The molecule has 3 heteroatoms. The van der Waals surface area contributed by atoms with Gasteiger partial charge in [0.1, 0.15) is 0 Å². The van der Waals surface area contributed by atoms with E-state index in [-0.39, 0.29) is 0 Å². The fourth-order valence-corrected chi connectivity index (χ4v) is 1.92. The Morgan fingerprint density at radius 3 is 2.75 bits per heavy atom. The number of carbonyl (C=O) groups excluding carboxylic acids is 1. The highest BCUT2D eigenvalue weighted by molar-refractivity contribution is 8.42. The van der Waals surface area contributed by atoms with Crippen molar-refractivity contribution in [2.24, 2.45) is 0 Å². The third kappa shape index (κ3) is 0.928. The Morgan fingerprint density at radius 1 is 1.75 bits per heavy atom. The Balaban J connectivity index is 2.67. The van der Waals surface area contributed by atoms with E-state index in [0.717, 1.165) is 6.42 Å². The normalized spacial score (nSPS) is 43.6. The summed E-state index contributed by atoms with van der Waals surface area (Å²) in [4.78, 5) is 10.1. The molecule has 1 aliphatic heterocycles. The molecule has 1 atom stereocenters. The highest BCUT2D eigenvalue weighted by Crippen LogP contribution is 2.46. The van der Waals surface area contributed by atoms with Crippen molar-refractivity contribution in [2.75, 3.05) is 5.75 Å². The van der Waals surface area contributed by atoms with Gasteiger partial charge in [0.25, 0.3) is 0 Å². The summed E-state index contributed by atoms with van der Waals surface area (Å²) in [5.74, 6) is 0.635. The van der Waals surface area contributed by atoms with Crippen LogP contribution >= 0.6 is 10.3 Å². The summed E-state index contributed by atoms with van der Waals surface area (Å²) in [7, 11) is -1.90. The molecule has 0 saturated heterocycles. The number of carbonyl (C=O) groups is 1. The fraction of sp³-hybridized carbons (Fsp3) is 0.400. The van der Waals surface area contributed by atoms with E-state index in [4.69, 9.17) is 4.55 Å². The molecule has 46 valence electrons. The van der Waals surface area contributed by atoms with E-state index in [0.29, 0.717) is 11.4 Å². The monoisotopic (exact) mass is 132 g/mol. The van der Waals surface area contributed by atoms with Crippen molar-refractivity contribution < 1.29 is 9.35 Å². The first kappa shape index (κ1) is 5.85. The molecule has 0 aromatic rings. The molecule has 1 rings (SSSR count). The minimum Gasteiger partial charge on any atom is -0.341 e. The summed E-state index contributed by atoms with van der Waals surface area (Å²) < 4.78 is 9.13. The van der Waals surface area contributed by atoms with Crippen LogP contribution in [0.1, 0.15) is 6.42 Å². The van der Waals surface area contributed by atoms with Gasteiger partial charge in [0.05, 0.1) is 0 Å². The van der Waals surface area contributed by atoms with Crippen LogP contribution in [0.2, 0.25) is 0 Å². The van der Waals surface area contributed by atoms with E-state index in [9.17, 15) is 4.79 Å². The number of hydrogen-bond acceptors (Lipinski definition) is 2. The molecule has 2 nitrogen and oxygen atoms in total. The number of allylic oxidation sites excluding steroid dienone is 1. The second-order valence-corrected chi connectivity index (χ2v) is 4.26. The average Bonchev–Trinajstić information content (AvgIpc) is 2.17. The Labute approximate surface area is 49.7 Å². The van der Waals surface area contributed by atoms with Gasteiger partial charge in [0, 0.05) is 5.75 Å². The van der Waals surface area contributed by atoms with Gasteiger partial charge >= 0.3 is 0 Å². The molecule has 0 spiro atoms. The van der Waals surface area contributed by atoms with Crippen molar-refractivity contribution in [2.45, 2.75) is 6.42 Å². The van der Waals surface area contributed by atoms with E-state index in [2.05, 4.69) is 0 Å². The van der Waals surface area contributed by atoms with Crippen LogP contribution in [0.25, 0.3) is 0 Å². The standard InChI is InChI=1S/C5H8O2S/c6-5-8(7)3-1-2-4-8/h1,3,5,7H,2,4H2. The van der Waals surface area contributed by atoms with Crippen molar-refractivity contribution in [1.82, 2.24) is 0 Å². The molecule has 0 aliphatic carbocycles. The molecule has 0 amide bonds. The maximum atomic E-state index is 10.1. The molecule has 1 heterocycles. The van der Waals surface area contributed by atoms with Gasteiger partial charge in [0.2, 0.25) is 0 Å². The Kier molecular flexibility index (Phi) is 1.40. The zero-order valence-corrected chi connectivity index (χ0v) is 5.23. The smallest absolute Gasteiger partial charge is 0.184 e. The Morgan fingerprint density at radius 2 is 2.50 bits per heavy atom. The van der Waals surface area contributed by atoms with Crippen LogP contribution in [0, 0.1) is 0 Å². The van der Waals surface area contributed by atoms with Gasteiger partial charge < -0.3 is 4.55 Å². The predicted molar refractivity (Wildman–Crippen MR) is 35.6 cm³/mol. The van der Waals surface area contributed by atoms with Crippen LogP contribution in [0.4, 0.5) is 0 Å². The summed E-state index contributed by atoms with van der Waals surface area (Å²) in [6.07, 6.45) is 2.70. The molecule has 1 unspecified atom stereocenters. The molecule has 0 radical (unpaired) electrons. The summed E-state index contributed by atoms with van der Waals surface area (Å²) >= 11 is 0. The van der Waals surface area contributed by atoms with E-state index >= 15 is 0 Å². The highest BCUT2D eigenvalue weighted by atomic mass is 32.3. The Hall–Kier alpha value is -0.280. The summed E-state index contributed by atoms with van der Waals surface area (Å²) in [6.45, 7) is 0. The number of rotatable bonds is 1. The van der Waals surface area contributed by atoms with E-state index in [1.54, 1.807) is 5.41 Å². The molecular weight excluding hydrogens is 124 g/mol. The van der Waals surface area contributed by atoms with Gasteiger partial charge in [-0.05, 0) is 11.8 Å². The third-order valence-corrected chi connectivity index (χ3v) is 3.00. The molecule has 1 aliphatic rings. The molecule has 0 fully saturated rings. The lowest BCUT2D eigenvalue weighted by atomic mass is 10.5. The predicted octanol–water partition coefficient (Wildman–Crippen LogP) is 1.37. The van der Waals surface area contributed by atoms with E-state index in [1.165, 1.54) is 0 Å². The van der Waals surface area contributed by atoms with Crippen molar-refractivity contribution in [1.29, 1.82) is 0 Å². The maximum absolute atomic E-state index is 10.1. The summed E-state index contributed by atoms with van der Waals surface area (Å²) in [5.41, 5.74) is 0.663. The van der Waals surface area contributed by atoms with Gasteiger partial charge in [-0.1, -0.05) is 16.4 Å². The molecule has 1 N–H and O–H groups in total. The van der Waals surface area contributed by atoms with Crippen LogP contribution < -0.4 is 0 Å². The van der Waals surface area contributed by atoms with Crippen molar-refractivity contribution in [3.63, 3.8) is 0 Å². The first-order valence-electron chi connectivity index (χ1n) is 2.42. The molecule has 0 bridgehead atoms. The quantitative estimate of drug-likeness (QED) is 0.547. The minimum absolute atomic E-state index is 0.635. The van der Waals surface area contributed by atoms with Gasteiger partial charge in [0.15, 0.2) is 5.62 Å². The lowest BCUT2D eigenvalue weighted by molar-refractivity contribution is 0.561. The minimum atomic E-state index is -1.90. The van der Waals surface area contributed by atoms with Gasteiger partial charge in [-0.15, -0.1) is 0 Å². The highest BCUT2D eigenvalue weighted by Gasteiger charge is 2.18. The van der Waals surface area contributed by atoms with Gasteiger partial charge in [-0.2, -0.15) is 0 Å². The fourth-order valence-electron chi connectivity index (χ4n) is 0.640. The SMILES string of the molecule is O=CS1(O)C=CCC1. The number of hydrogen-bond donors (Lipinski definition) is 1. The summed E-state index contributed by atoms with van der Waals surface area (Å²) in [5, 5.41) is 1.62. The van der Waals surface area contributed by atoms with Crippen LogP contribution in [0.15, 0.2) is 11.5 Å². The van der Waals surface area contributed by atoms with Gasteiger partial charge in [-0.25, -0.2) is 0 Å². The van der Waals surface area contributed by atoms with Crippen molar-refractivity contribution in [3.8, 4) is 0 Å². The molecule has 0 aromatic heterocycles. The molecule has 0 aromatic carbocycles. The molecule has 0 saturated carbocycles. The summed E-state index contributed by atoms with van der Waals surface area (Å²) in [6, 6.07) is 0. The Bertz CT molecular complexity index is 132. The zero-order chi connectivity index (χ0) is 6.04. The molecule has 8 heavy (non-hydrogen) atoms. The second-order valence-electron chi connectivity index (χ2n) is 1.77. The van der Waals surface area contributed by atoms with E-state index in [1.807, 2.05) is 6.08 Å². The van der Waals surface area contributed by atoms with Crippen molar-refractivity contribution in [3.05, 3.63) is 11.5 Å². The van der Waals surface area contributed by atoms with E-state index < -0.39 is 10.3 Å². The maximum Gasteiger partial charge on any atom is 0.184 e. The topological polar surface area (TPSA) is 37.3 Å². The second kappa shape index (κ2) is 1.91. The van der Waals surface area contributed by atoms with Gasteiger partial charge in [-0.3, -0.25) is 4.79 Å². The van der Waals surface area contributed by atoms with Crippen LogP contribution in [-0.2, 0) is 4.79 Å². The zero-order valence-electron chi connectivity index (χ0n) is 4.41. The van der Waals surface area contributed by atoms with Crippen LogP contribution in [0.5, 0.6) is 0 Å². The first-order chi connectivity index (χ1) is 3.77. The first-order valence-corrected chi connectivity index (χ1v) is 4.31. The van der Waals surface area contributed by atoms with Crippen molar-refractivity contribution >= 4 is 15.9 Å². The van der Waals surface area contributed by atoms with Crippen LogP contribution in [0.3, 0.4) is 0 Å². The largest absolute Gasteiger partial charge is 0.341 e. The average molecular weight is 132 g/mol.